The molecule has 0 unspecified atom stereocenters. The molecule has 0 rings (SSSR count). The van der Waals surface area contributed by atoms with E-state index in [9.17, 15) is 14.7 Å². The smallest absolute Gasteiger partial charge is 0.306 e. The van der Waals surface area contributed by atoms with E-state index in [0.717, 1.165) is 6.08 Å². The molecule has 0 aromatic carbocycles. The topological polar surface area (TPSA) is 94.8 Å². The molecule has 0 saturated heterocycles. The van der Waals surface area contributed by atoms with Gasteiger partial charge in [0.1, 0.15) is 5.60 Å². The van der Waals surface area contributed by atoms with Gasteiger partial charge in [-0.2, -0.15) is 0 Å². The lowest BCUT2D eigenvalue weighted by Crippen LogP contribution is -2.31. The SMILES string of the molecule is C=CC(O)(CC(=O)O)CC(=O)O. The summed E-state index contributed by atoms with van der Waals surface area (Å²) in [6.45, 7) is 3.16. The largest absolute Gasteiger partial charge is 0.481 e. The van der Waals surface area contributed by atoms with Crippen molar-refractivity contribution in [1.82, 2.24) is 0 Å². The van der Waals surface area contributed by atoms with Crippen molar-refractivity contribution in [3.63, 3.8) is 0 Å². The Morgan fingerprint density at radius 3 is 1.75 bits per heavy atom. The van der Waals surface area contributed by atoms with E-state index in [1.807, 2.05) is 0 Å². The van der Waals surface area contributed by atoms with Gasteiger partial charge in [0, 0.05) is 0 Å². The molecule has 0 spiro atoms. The van der Waals surface area contributed by atoms with Crippen LogP contribution in [-0.2, 0) is 9.59 Å². The minimum absolute atomic E-state index is 0.650. The van der Waals surface area contributed by atoms with Crippen LogP contribution in [0.5, 0.6) is 0 Å². The number of rotatable bonds is 5. The molecule has 12 heavy (non-hydrogen) atoms. The van der Waals surface area contributed by atoms with Crippen LogP contribution in [0.1, 0.15) is 12.8 Å². The van der Waals surface area contributed by atoms with E-state index < -0.39 is 30.4 Å². The number of carboxylic acids is 2. The summed E-state index contributed by atoms with van der Waals surface area (Å²) in [5.74, 6) is -2.53. The first-order valence-electron chi connectivity index (χ1n) is 3.19. The van der Waals surface area contributed by atoms with Gasteiger partial charge in [0.15, 0.2) is 0 Å². The molecule has 68 valence electrons. The highest BCUT2D eigenvalue weighted by Crippen LogP contribution is 2.16. The lowest BCUT2D eigenvalue weighted by atomic mass is 9.96. The lowest BCUT2D eigenvalue weighted by Gasteiger charge is -2.19. The number of hydrogen-bond acceptors (Lipinski definition) is 3. The first-order chi connectivity index (χ1) is 5.39. The normalized spacial score (nSPS) is 10.8. The Kier molecular flexibility index (Phi) is 3.43. The summed E-state index contributed by atoms with van der Waals surface area (Å²) in [5, 5.41) is 25.9. The van der Waals surface area contributed by atoms with Gasteiger partial charge in [-0.3, -0.25) is 9.59 Å². The van der Waals surface area contributed by atoms with Crippen LogP contribution in [0.4, 0.5) is 0 Å². The van der Waals surface area contributed by atoms with Crippen LogP contribution in [0.3, 0.4) is 0 Å². The number of hydrogen-bond donors (Lipinski definition) is 3. The quantitative estimate of drug-likeness (QED) is 0.504. The third-order valence-electron chi connectivity index (χ3n) is 1.29. The summed E-state index contributed by atoms with van der Waals surface area (Å²) in [6, 6.07) is 0. The van der Waals surface area contributed by atoms with Crippen LogP contribution in [-0.4, -0.2) is 32.9 Å². The molecule has 0 aliphatic carbocycles. The van der Waals surface area contributed by atoms with Gasteiger partial charge in [-0.1, -0.05) is 6.08 Å². The van der Waals surface area contributed by atoms with Crippen LogP contribution in [0.2, 0.25) is 0 Å². The summed E-state index contributed by atoms with van der Waals surface area (Å²) in [6.07, 6.45) is -0.374. The highest BCUT2D eigenvalue weighted by molar-refractivity contribution is 5.73. The number of aliphatic carboxylic acids is 2. The van der Waals surface area contributed by atoms with Gasteiger partial charge in [-0.25, -0.2) is 0 Å². The van der Waals surface area contributed by atoms with Crippen molar-refractivity contribution in [1.29, 1.82) is 0 Å². The molecule has 0 aromatic rings. The van der Waals surface area contributed by atoms with Crippen molar-refractivity contribution in [3.05, 3.63) is 12.7 Å². The standard InChI is InChI=1S/C7H10O5/c1-2-7(12,3-5(8)9)4-6(10)11/h2,12H,1,3-4H2,(H,8,9)(H,10,11). The zero-order chi connectivity index (χ0) is 9.78. The average Bonchev–Trinajstić information content (AvgIpc) is 1.83. The number of carboxylic acid groups (broad SMARTS) is 2. The van der Waals surface area contributed by atoms with Crippen LogP contribution < -0.4 is 0 Å². The number of aliphatic hydroxyl groups is 1. The second-order valence-corrected chi connectivity index (χ2v) is 2.45. The fourth-order valence-corrected chi connectivity index (χ4v) is 0.731. The molecule has 0 aliphatic rings. The summed E-state index contributed by atoms with van der Waals surface area (Å²) in [7, 11) is 0. The van der Waals surface area contributed by atoms with Crippen molar-refractivity contribution in [2.45, 2.75) is 18.4 Å². The third kappa shape index (κ3) is 3.72. The molecule has 0 saturated carbocycles. The lowest BCUT2D eigenvalue weighted by molar-refractivity contribution is -0.145. The van der Waals surface area contributed by atoms with E-state index in [1.165, 1.54) is 0 Å². The molecule has 0 aliphatic heterocycles. The van der Waals surface area contributed by atoms with Gasteiger partial charge in [0.25, 0.3) is 0 Å². The van der Waals surface area contributed by atoms with E-state index in [-0.39, 0.29) is 0 Å². The van der Waals surface area contributed by atoms with E-state index in [0.29, 0.717) is 0 Å². The fourth-order valence-electron chi connectivity index (χ4n) is 0.731. The Balaban J connectivity index is 4.33. The monoisotopic (exact) mass is 174 g/mol. The van der Waals surface area contributed by atoms with Crippen LogP contribution in [0.15, 0.2) is 12.7 Å². The summed E-state index contributed by atoms with van der Waals surface area (Å²) in [4.78, 5) is 20.3. The molecular formula is C7H10O5. The Morgan fingerprint density at radius 1 is 1.25 bits per heavy atom. The van der Waals surface area contributed by atoms with E-state index >= 15 is 0 Å². The molecular weight excluding hydrogens is 164 g/mol. The van der Waals surface area contributed by atoms with Crippen molar-refractivity contribution < 1.29 is 24.9 Å². The molecule has 5 nitrogen and oxygen atoms in total. The zero-order valence-corrected chi connectivity index (χ0v) is 6.36. The van der Waals surface area contributed by atoms with Crippen LogP contribution in [0, 0.1) is 0 Å². The van der Waals surface area contributed by atoms with Crippen molar-refractivity contribution in [2.75, 3.05) is 0 Å². The van der Waals surface area contributed by atoms with Gasteiger partial charge in [0.05, 0.1) is 12.8 Å². The summed E-state index contributed by atoms with van der Waals surface area (Å²) in [5.41, 5.74) is -1.85. The van der Waals surface area contributed by atoms with Gasteiger partial charge >= 0.3 is 11.9 Å². The van der Waals surface area contributed by atoms with Gasteiger partial charge in [-0.15, -0.1) is 6.58 Å². The van der Waals surface area contributed by atoms with E-state index in [2.05, 4.69) is 6.58 Å². The average molecular weight is 174 g/mol. The van der Waals surface area contributed by atoms with Crippen LogP contribution >= 0.6 is 0 Å². The number of carbonyl (C=O) groups is 2. The minimum Gasteiger partial charge on any atom is -0.481 e. The Labute approximate surface area is 68.9 Å². The highest BCUT2D eigenvalue weighted by atomic mass is 16.4. The van der Waals surface area contributed by atoms with Crippen molar-refractivity contribution in [2.24, 2.45) is 0 Å². The first kappa shape index (κ1) is 10.6. The maximum Gasteiger partial charge on any atom is 0.306 e. The Bertz CT molecular complexity index is 192. The second kappa shape index (κ2) is 3.87. The van der Waals surface area contributed by atoms with Crippen molar-refractivity contribution >= 4 is 11.9 Å². The van der Waals surface area contributed by atoms with Gasteiger partial charge < -0.3 is 15.3 Å². The maximum atomic E-state index is 10.2. The minimum atomic E-state index is -1.85. The molecule has 0 bridgehead atoms. The molecule has 0 radical (unpaired) electrons. The molecule has 3 N–H and O–H groups in total. The molecule has 0 aromatic heterocycles. The predicted octanol–water partition coefficient (Wildman–Crippen LogP) is -0.147. The summed E-state index contributed by atoms with van der Waals surface area (Å²) >= 11 is 0. The van der Waals surface area contributed by atoms with Gasteiger partial charge in [0.2, 0.25) is 0 Å². The van der Waals surface area contributed by atoms with E-state index in [4.69, 9.17) is 10.2 Å². The predicted molar refractivity (Wildman–Crippen MR) is 39.7 cm³/mol. The third-order valence-corrected chi connectivity index (χ3v) is 1.29. The van der Waals surface area contributed by atoms with Gasteiger partial charge in [-0.05, 0) is 0 Å². The molecule has 0 fully saturated rings. The zero-order valence-electron chi connectivity index (χ0n) is 6.36. The highest BCUT2D eigenvalue weighted by Gasteiger charge is 2.29. The first-order valence-corrected chi connectivity index (χ1v) is 3.19. The molecule has 0 atom stereocenters. The van der Waals surface area contributed by atoms with Crippen molar-refractivity contribution in [3.8, 4) is 0 Å². The van der Waals surface area contributed by atoms with E-state index in [1.54, 1.807) is 0 Å². The van der Waals surface area contributed by atoms with Crippen LogP contribution in [0.25, 0.3) is 0 Å². The second-order valence-electron chi connectivity index (χ2n) is 2.45. The maximum absolute atomic E-state index is 10.2. The Morgan fingerprint density at radius 2 is 1.58 bits per heavy atom. The molecule has 0 amide bonds. The Hall–Kier alpha value is -1.36. The molecule has 0 heterocycles. The summed E-state index contributed by atoms with van der Waals surface area (Å²) < 4.78 is 0. The molecule has 5 heteroatoms. The fraction of sp³-hybridized carbons (Fsp3) is 0.429.